The minimum atomic E-state index is -0.221. The predicted octanol–water partition coefficient (Wildman–Crippen LogP) is 8.22. The van der Waals surface area contributed by atoms with Crippen LogP contribution in [0.3, 0.4) is 0 Å². The molecule has 0 aliphatic carbocycles. The van der Waals surface area contributed by atoms with E-state index in [1.54, 1.807) is 0 Å². The molecule has 0 aliphatic heterocycles. The second kappa shape index (κ2) is 24.6. The van der Waals surface area contributed by atoms with Gasteiger partial charge < -0.3 is 9.64 Å². The van der Waals surface area contributed by atoms with E-state index in [0.29, 0.717) is 13.0 Å². The molecule has 0 saturated heterocycles. The molecule has 0 fully saturated rings. The summed E-state index contributed by atoms with van der Waals surface area (Å²) >= 11 is 0. The van der Waals surface area contributed by atoms with E-state index in [0.717, 1.165) is 38.8 Å². The summed E-state index contributed by atoms with van der Waals surface area (Å²) in [7, 11) is 0. The number of esters is 1. The van der Waals surface area contributed by atoms with Gasteiger partial charge in [0.1, 0.15) is 0 Å². The van der Waals surface area contributed by atoms with Gasteiger partial charge in [-0.05, 0) is 19.3 Å². The van der Waals surface area contributed by atoms with Crippen LogP contribution in [-0.4, -0.2) is 36.5 Å². The third-order valence-corrected chi connectivity index (χ3v) is 6.22. The van der Waals surface area contributed by atoms with Gasteiger partial charge in [0, 0.05) is 19.5 Å². The molecule has 0 saturated carbocycles. The number of amides is 1. The summed E-state index contributed by atoms with van der Waals surface area (Å²) in [5, 5.41) is 0. The van der Waals surface area contributed by atoms with Crippen molar-refractivity contribution in [2.75, 3.05) is 19.7 Å². The van der Waals surface area contributed by atoms with Gasteiger partial charge in [0.2, 0.25) is 5.91 Å². The highest BCUT2D eigenvalue weighted by atomic mass is 16.5. The third kappa shape index (κ3) is 20.8. The average Bonchev–Trinajstić information content (AvgIpc) is 2.79. The lowest BCUT2D eigenvalue weighted by molar-refractivity contribution is -0.146. The van der Waals surface area contributed by atoms with Gasteiger partial charge in [-0.3, -0.25) is 9.59 Å². The molecule has 0 aromatic carbocycles. The number of hydrogen-bond acceptors (Lipinski definition) is 3. The predicted molar refractivity (Wildman–Crippen MR) is 137 cm³/mol. The van der Waals surface area contributed by atoms with Crippen molar-refractivity contribution in [3.8, 4) is 0 Å². The number of rotatable bonds is 24. The molecule has 190 valence electrons. The maximum absolute atomic E-state index is 12.8. The van der Waals surface area contributed by atoms with Crippen LogP contribution < -0.4 is 0 Å². The van der Waals surface area contributed by atoms with Crippen LogP contribution in [0.25, 0.3) is 0 Å². The Bertz CT molecular complexity index is 407. The van der Waals surface area contributed by atoms with Crippen molar-refractivity contribution in [3.05, 3.63) is 0 Å². The SMILES string of the molecule is CCCCCCCCCN(CCCCCCCCC)C(=O)CCC(=O)OCCCCCC. The molecule has 0 heterocycles. The number of unbranched alkanes of at least 4 members (excludes halogenated alkanes) is 15. The smallest absolute Gasteiger partial charge is 0.306 e. The van der Waals surface area contributed by atoms with E-state index in [2.05, 4.69) is 20.8 Å². The first-order valence-electron chi connectivity index (χ1n) is 14.1. The van der Waals surface area contributed by atoms with Crippen molar-refractivity contribution in [3.63, 3.8) is 0 Å². The molecule has 0 aromatic heterocycles. The molecule has 0 N–H and O–H groups in total. The largest absolute Gasteiger partial charge is 0.466 e. The lowest BCUT2D eigenvalue weighted by Crippen LogP contribution is -2.33. The number of carbonyl (C=O) groups is 2. The van der Waals surface area contributed by atoms with Crippen molar-refractivity contribution < 1.29 is 14.3 Å². The van der Waals surface area contributed by atoms with Crippen molar-refractivity contribution in [1.82, 2.24) is 4.90 Å². The summed E-state index contributed by atoms with van der Waals surface area (Å²) in [6.45, 7) is 8.84. The van der Waals surface area contributed by atoms with Crippen LogP contribution in [0.1, 0.15) is 149 Å². The molecule has 0 atom stereocenters. The molecule has 0 rings (SSSR count). The van der Waals surface area contributed by atoms with Crippen LogP contribution in [0, 0.1) is 0 Å². The van der Waals surface area contributed by atoms with Crippen LogP contribution in [-0.2, 0) is 14.3 Å². The van der Waals surface area contributed by atoms with Crippen molar-refractivity contribution >= 4 is 11.9 Å². The summed E-state index contributed by atoms with van der Waals surface area (Å²) in [5.41, 5.74) is 0. The zero-order chi connectivity index (χ0) is 23.7. The summed E-state index contributed by atoms with van der Waals surface area (Å²) in [6, 6.07) is 0. The monoisotopic (exact) mass is 453 g/mol. The van der Waals surface area contributed by atoms with Crippen LogP contribution in [0.15, 0.2) is 0 Å². The van der Waals surface area contributed by atoms with E-state index in [9.17, 15) is 9.59 Å². The summed E-state index contributed by atoms with van der Waals surface area (Å²) < 4.78 is 5.30. The molecule has 0 radical (unpaired) electrons. The zero-order valence-corrected chi connectivity index (χ0v) is 21.9. The van der Waals surface area contributed by atoms with Crippen molar-refractivity contribution in [2.24, 2.45) is 0 Å². The molecule has 0 bridgehead atoms. The molecule has 0 aliphatic rings. The van der Waals surface area contributed by atoms with Crippen molar-refractivity contribution in [1.29, 1.82) is 0 Å². The van der Waals surface area contributed by atoms with Gasteiger partial charge in [-0.15, -0.1) is 0 Å². The van der Waals surface area contributed by atoms with E-state index >= 15 is 0 Å². The quantitative estimate of drug-likeness (QED) is 0.109. The Balaban J connectivity index is 4.19. The molecule has 4 heteroatoms. The Morgan fingerprint density at radius 3 is 1.41 bits per heavy atom. The first kappa shape index (κ1) is 30.9. The second-order valence-corrected chi connectivity index (χ2v) is 9.40. The highest BCUT2D eigenvalue weighted by Gasteiger charge is 2.15. The molecule has 0 spiro atoms. The highest BCUT2D eigenvalue weighted by Crippen LogP contribution is 2.12. The minimum Gasteiger partial charge on any atom is -0.466 e. The van der Waals surface area contributed by atoms with E-state index in [-0.39, 0.29) is 18.3 Å². The second-order valence-electron chi connectivity index (χ2n) is 9.40. The molecule has 0 unspecified atom stereocenters. The van der Waals surface area contributed by atoms with E-state index in [1.165, 1.54) is 89.9 Å². The lowest BCUT2D eigenvalue weighted by Gasteiger charge is -2.23. The Labute approximate surface area is 200 Å². The van der Waals surface area contributed by atoms with Gasteiger partial charge in [-0.25, -0.2) is 0 Å². The molecule has 0 aromatic rings. The number of nitrogens with zero attached hydrogens (tertiary/aromatic N) is 1. The fourth-order valence-corrected chi connectivity index (χ4v) is 4.03. The van der Waals surface area contributed by atoms with Crippen LogP contribution in [0.5, 0.6) is 0 Å². The van der Waals surface area contributed by atoms with Gasteiger partial charge in [0.15, 0.2) is 0 Å². The fourth-order valence-electron chi connectivity index (χ4n) is 4.03. The molecular formula is C28H55NO3. The lowest BCUT2D eigenvalue weighted by atomic mass is 10.1. The first-order valence-corrected chi connectivity index (χ1v) is 14.1. The Kier molecular flexibility index (Phi) is 23.8. The fraction of sp³-hybridized carbons (Fsp3) is 0.929. The maximum Gasteiger partial charge on any atom is 0.306 e. The van der Waals surface area contributed by atoms with E-state index in [1.807, 2.05) is 4.90 Å². The normalized spacial score (nSPS) is 11.0. The van der Waals surface area contributed by atoms with Gasteiger partial charge >= 0.3 is 5.97 Å². The number of ether oxygens (including phenoxy) is 1. The number of carbonyl (C=O) groups excluding carboxylic acids is 2. The minimum absolute atomic E-state index is 0.130. The molecule has 4 nitrogen and oxygen atoms in total. The molecular weight excluding hydrogens is 398 g/mol. The highest BCUT2D eigenvalue weighted by molar-refractivity contribution is 5.81. The summed E-state index contributed by atoms with van der Waals surface area (Å²) in [5.74, 6) is -0.0912. The summed E-state index contributed by atoms with van der Waals surface area (Å²) in [4.78, 5) is 26.8. The number of hydrogen-bond donors (Lipinski definition) is 0. The standard InChI is InChI=1S/C28H55NO3/c1-4-7-10-13-15-17-19-24-29(25-20-18-16-14-11-8-5-2)27(30)22-23-28(31)32-26-21-12-9-6-3/h4-26H2,1-3H3. The Hall–Kier alpha value is -1.06. The molecule has 1 amide bonds. The molecule has 32 heavy (non-hydrogen) atoms. The van der Waals surface area contributed by atoms with Crippen LogP contribution >= 0.6 is 0 Å². The van der Waals surface area contributed by atoms with Crippen LogP contribution in [0.4, 0.5) is 0 Å². The third-order valence-electron chi connectivity index (χ3n) is 6.22. The van der Waals surface area contributed by atoms with E-state index in [4.69, 9.17) is 4.74 Å². The first-order chi connectivity index (χ1) is 15.7. The summed E-state index contributed by atoms with van der Waals surface area (Å²) in [6.07, 6.45) is 22.5. The van der Waals surface area contributed by atoms with Gasteiger partial charge in [-0.1, -0.05) is 117 Å². The van der Waals surface area contributed by atoms with Gasteiger partial charge in [0.05, 0.1) is 13.0 Å². The Morgan fingerprint density at radius 2 is 0.938 bits per heavy atom. The van der Waals surface area contributed by atoms with Crippen LogP contribution in [0.2, 0.25) is 0 Å². The van der Waals surface area contributed by atoms with Gasteiger partial charge in [-0.2, -0.15) is 0 Å². The maximum atomic E-state index is 12.8. The average molecular weight is 454 g/mol. The topological polar surface area (TPSA) is 46.6 Å². The van der Waals surface area contributed by atoms with E-state index < -0.39 is 0 Å². The van der Waals surface area contributed by atoms with Gasteiger partial charge in [0.25, 0.3) is 0 Å². The Morgan fingerprint density at radius 1 is 0.531 bits per heavy atom. The zero-order valence-electron chi connectivity index (χ0n) is 21.9. The van der Waals surface area contributed by atoms with Crippen molar-refractivity contribution in [2.45, 2.75) is 149 Å².